The Hall–Kier alpha value is -1.40. The van der Waals surface area contributed by atoms with E-state index in [1.807, 2.05) is 17.5 Å². The predicted molar refractivity (Wildman–Crippen MR) is 60.9 cm³/mol. The fraction of sp³-hybridized carbons (Fsp3) is 0.111. The molecule has 0 radical (unpaired) electrons. The van der Waals surface area contributed by atoms with Gasteiger partial charge in [-0.15, -0.1) is 22.7 Å². The number of carboxylic acids is 1. The van der Waals surface area contributed by atoms with Crippen LogP contribution in [-0.2, 0) is 9.63 Å². The van der Waals surface area contributed by atoms with Gasteiger partial charge in [0.1, 0.15) is 7.11 Å². The molecule has 0 saturated heterocycles. The van der Waals surface area contributed by atoms with Crippen LogP contribution in [0.25, 0.3) is 9.40 Å². The first-order valence-corrected chi connectivity index (χ1v) is 5.74. The molecule has 0 amide bonds. The Morgan fingerprint density at radius 2 is 2.40 bits per heavy atom. The maximum absolute atomic E-state index is 10.9. The van der Waals surface area contributed by atoms with Gasteiger partial charge in [0.05, 0.1) is 8.89 Å². The number of thiophene rings is 2. The average molecular weight is 241 g/mol. The number of oxime groups is 1. The number of hydrogen-bond acceptors (Lipinski definition) is 5. The Labute approximate surface area is 93.4 Å². The third-order valence-corrected chi connectivity index (χ3v) is 3.98. The van der Waals surface area contributed by atoms with Gasteiger partial charge < -0.3 is 9.94 Å². The minimum atomic E-state index is -1.08. The van der Waals surface area contributed by atoms with E-state index in [4.69, 9.17) is 5.11 Å². The predicted octanol–water partition coefficient (Wildman–Crippen LogP) is 2.40. The van der Waals surface area contributed by atoms with Crippen LogP contribution in [-0.4, -0.2) is 23.9 Å². The zero-order chi connectivity index (χ0) is 10.8. The molecule has 78 valence electrons. The summed E-state index contributed by atoms with van der Waals surface area (Å²) in [6, 6.07) is 3.76. The van der Waals surface area contributed by atoms with Crippen LogP contribution in [0.15, 0.2) is 22.7 Å². The molecule has 0 fully saturated rings. The average Bonchev–Trinajstić information content (AvgIpc) is 2.72. The number of carbonyl (C=O) groups is 1. The van der Waals surface area contributed by atoms with Crippen molar-refractivity contribution in [2.75, 3.05) is 7.11 Å². The second kappa shape index (κ2) is 4.00. The Morgan fingerprint density at radius 1 is 1.60 bits per heavy atom. The first kappa shape index (κ1) is 10.1. The molecular formula is C9H7NO3S2. The molecular weight excluding hydrogens is 234 g/mol. The Balaban J connectivity index is 2.48. The van der Waals surface area contributed by atoms with Gasteiger partial charge in [0.25, 0.3) is 0 Å². The van der Waals surface area contributed by atoms with Crippen LogP contribution < -0.4 is 0 Å². The first-order valence-electron chi connectivity index (χ1n) is 4.04. The molecule has 0 bridgehead atoms. The summed E-state index contributed by atoms with van der Waals surface area (Å²) in [6.07, 6.45) is 0. The van der Waals surface area contributed by atoms with E-state index in [9.17, 15) is 4.79 Å². The molecule has 2 aromatic heterocycles. The summed E-state index contributed by atoms with van der Waals surface area (Å²) >= 11 is 2.99. The lowest BCUT2D eigenvalue weighted by Crippen LogP contribution is -2.13. The van der Waals surface area contributed by atoms with Crippen LogP contribution in [0, 0.1) is 0 Å². The third kappa shape index (κ3) is 1.86. The lowest BCUT2D eigenvalue weighted by molar-refractivity contribution is -0.129. The van der Waals surface area contributed by atoms with E-state index in [0.29, 0.717) is 4.88 Å². The fourth-order valence-corrected chi connectivity index (χ4v) is 3.24. The van der Waals surface area contributed by atoms with E-state index in [1.54, 1.807) is 11.3 Å². The minimum absolute atomic E-state index is 0.0501. The van der Waals surface area contributed by atoms with E-state index in [0.717, 1.165) is 9.40 Å². The highest BCUT2D eigenvalue weighted by Gasteiger charge is 2.16. The number of carboxylic acid groups (broad SMARTS) is 1. The molecule has 0 aliphatic carbocycles. The van der Waals surface area contributed by atoms with E-state index >= 15 is 0 Å². The normalized spacial score (nSPS) is 11.9. The molecule has 0 aliphatic heterocycles. The molecule has 0 atom stereocenters. The number of hydrogen-bond donors (Lipinski definition) is 1. The molecule has 0 aliphatic rings. The van der Waals surface area contributed by atoms with Gasteiger partial charge in [-0.05, 0) is 17.5 Å². The fourth-order valence-electron chi connectivity index (χ4n) is 1.16. The largest absolute Gasteiger partial charge is 0.476 e. The summed E-state index contributed by atoms with van der Waals surface area (Å²) in [5.41, 5.74) is -0.0501. The van der Waals surface area contributed by atoms with Crippen LogP contribution in [0.1, 0.15) is 4.88 Å². The molecule has 2 aromatic rings. The summed E-state index contributed by atoms with van der Waals surface area (Å²) in [5.74, 6) is -1.08. The first-order chi connectivity index (χ1) is 7.22. The zero-order valence-corrected chi connectivity index (χ0v) is 9.39. The van der Waals surface area contributed by atoms with Crippen molar-refractivity contribution in [1.29, 1.82) is 0 Å². The number of nitrogens with zero attached hydrogens (tertiary/aromatic N) is 1. The highest BCUT2D eigenvalue weighted by Crippen LogP contribution is 2.30. The van der Waals surface area contributed by atoms with Crippen LogP contribution >= 0.6 is 22.7 Å². The van der Waals surface area contributed by atoms with Crippen molar-refractivity contribution < 1.29 is 14.7 Å². The van der Waals surface area contributed by atoms with Crippen LogP contribution in [0.5, 0.6) is 0 Å². The maximum Gasteiger partial charge on any atom is 0.359 e. The summed E-state index contributed by atoms with van der Waals surface area (Å²) in [4.78, 5) is 16.0. The van der Waals surface area contributed by atoms with Gasteiger partial charge in [-0.25, -0.2) is 4.79 Å². The molecule has 15 heavy (non-hydrogen) atoms. The summed E-state index contributed by atoms with van der Waals surface area (Å²) in [6.45, 7) is 0. The topological polar surface area (TPSA) is 58.9 Å². The molecule has 4 nitrogen and oxygen atoms in total. The second-order valence-corrected chi connectivity index (χ2v) is 4.93. The van der Waals surface area contributed by atoms with Crippen molar-refractivity contribution in [2.24, 2.45) is 5.16 Å². The van der Waals surface area contributed by atoms with Crippen molar-refractivity contribution in [3.63, 3.8) is 0 Å². The summed E-state index contributed by atoms with van der Waals surface area (Å²) < 4.78 is 1.09. The monoisotopic (exact) mass is 241 g/mol. The zero-order valence-electron chi connectivity index (χ0n) is 7.76. The second-order valence-electron chi connectivity index (χ2n) is 2.70. The maximum atomic E-state index is 10.9. The Kier molecular flexibility index (Phi) is 2.70. The smallest absolute Gasteiger partial charge is 0.359 e. The minimum Gasteiger partial charge on any atom is -0.476 e. The van der Waals surface area contributed by atoms with E-state index < -0.39 is 5.97 Å². The molecule has 1 N–H and O–H groups in total. The lowest BCUT2D eigenvalue weighted by Gasteiger charge is -1.95. The van der Waals surface area contributed by atoms with Gasteiger partial charge in [-0.1, -0.05) is 5.16 Å². The highest BCUT2D eigenvalue weighted by molar-refractivity contribution is 7.38. The molecule has 2 heterocycles. The standard InChI is InChI=1S/C9H7NO3S2/c1-13-10-7(8(11)12)6-4-5-2-3-14-9(5)15-6/h2-4H,1H3,(H,11,12). The van der Waals surface area contributed by atoms with Crippen molar-refractivity contribution in [2.45, 2.75) is 0 Å². The van der Waals surface area contributed by atoms with E-state index in [2.05, 4.69) is 9.99 Å². The van der Waals surface area contributed by atoms with Crippen molar-refractivity contribution in [3.05, 3.63) is 22.4 Å². The molecule has 2 rings (SSSR count). The number of aliphatic carboxylic acids is 1. The molecule has 0 unspecified atom stereocenters. The number of fused-ring (bicyclic) bond motifs is 1. The molecule has 6 heteroatoms. The van der Waals surface area contributed by atoms with Gasteiger partial charge in [0.15, 0.2) is 0 Å². The van der Waals surface area contributed by atoms with Crippen LogP contribution in [0.3, 0.4) is 0 Å². The van der Waals surface area contributed by atoms with Crippen LogP contribution in [0.4, 0.5) is 0 Å². The van der Waals surface area contributed by atoms with E-state index in [1.165, 1.54) is 18.4 Å². The van der Waals surface area contributed by atoms with Gasteiger partial charge in [-0.2, -0.15) is 0 Å². The summed E-state index contributed by atoms with van der Waals surface area (Å²) in [7, 11) is 1.33. The lowest BCUT2D eigenvalue weighted by atomic mass is 10.3. The summed E-state index contributed by atoms with van der Waals surface area (Å²) in [5, 5.41) is 15.4. The van der Waals surface area contributed by atoms with Crippen molar-refractivity contribution in [3.8, 4) is 0 Å². The van der Waals surface area contributed by atoms with Crippen molar-refractivity contribution in [1.82, 2.24) is 0 Å². The quantitative estimate of drug-likeness (QED) is 0.663. The molecule has 0 spiro atoms. The SMILES string of the molecule is CON=C(C(=O)O)c1cc2ccsc2s1. The molecule has 0 saturated carbocycles. The Bertz CT molecular complexity index is 498. The highest BCUT2D eigenvalue weighted by atomic mass is 32.2. The van der Waals surface area contributed by atoms with Gasteiger partial charge >= 0.3 is 5.97 Å². The Morgan fingerprint density at radius 3 is 3.00 bits per heavy atom. The number of rotatable bonds is 3. The van der Waals surface area contributed by atoms with E-state index in [-0.39, 0.29) is 5.71 Å². The third-order valence-electron chi connectivity index (χ3n) is 1.77. The van der Waals surface area contributed by atoms with Gasteiger partial charge in [0, 0.05) is 5.39 Å². The molecule has 0 aromatic carbocycles. The van der Waals surface area contributed by atoms with Gasteiger partial charge in [0.2, 0.25) is 5.71 Å². The van der Waals surface area contributed by atoms with Crippen molar-refractivity contribution >= 4 is 43.8 Å². The van der Waals surface area contributed by atoms with Gasteiger partial charge in [-0.3, -0.25) is 0 Å². The van der Waals surface area contributed by atoms with Crippen LogP contribution in [0.2, 0.25) is 0 Å².